The second-order valence-electron chi connectivity index (χ2n) is 10.1. The van der Waals surface area contributed by atoms with E-state index in [0.29, 0.717) is 32.1 Å². The molecule has 0 saturated heterocycles. The first-order chi connectivity index (χ1) is 17.0. The molecular formula is C30H56O5. The molecule has 0 radical (unpaired) electrons. The summed E-state index contributed by atoms with van der Waals surface area (Å²) in [5, 5.41) is 0. The Morgan fingerprint density at radius 1 is 0.514 bits per heavy atom. The fraction of sp³-hybridized carbons (Fsp3) is 0.900. The Hall–Kier alpha value is -1.39. The maximum atomic E-state index is 12.3. The summed E-state index contributed by atoms with van der Waals surface area (Å²) in [6, 6.07) is 0. The fourth-order valence-electron chi connectivity index (χ4n) is 4.15. The van der Waals surface area contributed by atoms with E-state index >= 15 is 0 Å². The summed E-state index contributed by atoms with van der Waals surface area (Å²) in [5.41, 5.74) is 0. The van der Waals surface area contributed by atoms with Crippen LogP contribution in [0.3, 0.4) is 0 Å². The van der Waals surface area contributed by atoms with Crippen LogP contribution in [0.25, 0.3) is 0 Å². The van der Waals surface area contributed by atoms with Gasteiger partial charge in [-0.25, -0.2) is 0 Å². The van der Waals surface area contributed by atoms with Gasteiger partial charge in [0.1, 0.15) is 18.5 Å². The van der Waals surface area contributed by atoms with Gasteiger partial charge in [-0.1, -0.05) is 111 Å². The number of ether oxygens (including phenoxy) is 2. The van der Waals surface area contributed by atoms with Gasteiger partial charge in [0.05, 0.1) is 0 Å². The lowest BCUT2D eigenvalue weighted by atomic mass is 10.0. The van der Waals surface area contributed by atoms with Gasteiger partial charge in [-0.05, 0) is 25.7 Å². The highest BCUT2D eigenvalue weighted by molar-refractivity contribution is 5.78. The molecule has 0 heterocycles. The van der Waals surface area contributed by atoms with Gasteiger partial charge in [0.2, 0.25) is 0 Å². The lowest BCUT2D eigenvalue weighted by molar-refractivity contribution is -0.160. The zero-order valence-electron chi connectivity index (χ0n) is 23.4. The molecule has 0 aromatic rings. The van der Waals surface area contributed by atoms with Gasteiger partial charge in [0.25, 0.3) is 0 Å². The molecule has 0 spiro atoms. The summed E-state index contributed by atoms with van der Waals surface area (Å²) in [6.07, 6.45) is 20.6. The normalized spacial score (nSPS) is 11.9. The van der Waals surface area contributed by atoms with Crippen LogP contribution in [-0.2, 0) is 23.9 Å². The number of carbonyl (C=O) groups is 3. The molecule has 1 atom stereocenters. The van der Waals surface area contributed by atoms with Gasteiger partial charge in [-0.3, -0.25) is 14.4 Å². The smallest absolute Gasteiger partial charge is 0.306 e. The molecule has 0 aliphatic carbocycles. The molecule has 0 saturated carbocycles. The van der Waals surface area contributed by atoms with Gasteiger partial charge < -0.3 is 9.47 Å². The molecule has 0 aliphatic rings. The highest BCUT2D eigenvalue weighted by Gasteiger charge is 2.18. The Kier molecular flexibility index (Phi) is 24.7. The summed E-state index contributed by atoms with van der Waals surface area (Å²) in [6.45, 7) is 6.61. The molecule has 35 heavy (non-hydrogen) atoms. The zero-order valence-corrected chi connectivity index (χ0v) is 23.4. The van der Waals surface area contributed by atoms with E-state index in [1.807, 2.05) is 0 Å². The van der Waals surface area contributed by atoms with Crippen LogP contribution in [0.1, 0.15) is 162 Å². The van der Waals surface area contributed by atoms with Gasteiger partial charge in [-0.15, -0.1) is 0 Å². The number of Topliss-reactive ketones (excluding diaryl/α,β-unsaturated/α-hetero) is 1. The molecule has 0 N–H and O–H groups in total. The quantitative estimate of drug-likeness (QED) is 0.0885. The van der Waals surface area contributed by atoms with Crippen LogP contribution in [0, 0.1) is 0 Å². The molecule has 0 aromatic carbocycles. The molecule has 5 heteroatoms. The number of carbonyl (C=O) groups excluding carboxylic acids is 3. The van der Waals surface area contributed by atoms with Crippen molar-refractivity contribution in [3.05, 3.63) is 0 Å². The van der Waals surface area contributed by atoms with Crippen molar-refractivity contribution >= 4 is 17.7 Å². The Bertz CT molecular complexity index is 517. The van der Waals surface area contributed by atoms with Crippen LogP contribution in [0.15, 0.2) is 0 Å². The lowest BCUT2D eigenvalue weighted by Crippen LogP contribution is -2.26. The second-order valence-corrected chi connectivity index (χ2v) is 10.1. The molecule has 206 valence electrons. The molecule has 0 amide bonds. The standard InChI is InChI=1S/C30H56O5/c1-4-7-10-13-14-17-19-22-29(32)34-26-28(35-30(33)23-20-16-12-9-6-3)25-24-27(31)21-18-15-11-8-5-2/h28H,4-26H2,1-3H3. The van der Waals surface area contributed by atoms with Crippen LogP contribution in [-0.4, -0.2) is 30.4 Å². The summed E-state index contributed by atoms with van der Waals surface area (Å²) in [7, 11) is 0. The van der Waals surface area contributed by atoms with Gasteiger partial charge in [0, 0.05) is 25.7 Å². The van der Waals surface area contributed by atoms with E-state index in [2.05, 4.69) is 20.8 Å². The summed E-state index contributed by atoms with van der Waals surface area (Å²) in [5.74, 6) is -0.278. The Morgan fingerprint density at radius 2 is 0.943 bits per heavy atom. The van der Waals surface area contributed by atoms with E-state index < -0.39 is 6.10 Å². The highest BCUT2D eigenvalue weighted by atomic mass is 16.6. The first-order valence-corrected chi connectivity index (χ1v) is 14.9. The first kappa shape index (κ1) is 33.6. The average Bonchev–Trinajstić information content (AvgIpc) is 2.84. The van der Waals surface area contributed by atoms with Crippen molar-refractivity contribution in [1.82, 2.24) is 0 Å². The van der Waals surface area contributed by atoms with Crippen LogP contribution in [0.5, 0.6) is 0 Å². The monoisotopic (exact) mass is 496 g/mol. The van der Waals surface area contributed by atoms with Crippen LogP contribution < -0.4 is 0 Å². The summed E-state index contributed by atoms with van der Waals surface area (Å²) >= 11 is 0. The molecule has 0 fully saturated rings. The van der Waals surface area contributed by atoms with Gasteiger partial charge >= 0.3 is 11.9 Å². The number of ketones is 1. The molecule has 0 aliphatic heterocycles. The summed E-state index contributed by atoms with van der Waals surface area (Å²) < 4.78 is 11.1. The van der Waals surface area contributed by atoms with E-state index in [4.69, 9.17) is 9.47 Å². The van der Waals surface area contributed by atoms with E-state index in [0.717, 1.165) is 51.4 Å². The van der Waals surface area contributed by atoms with Crippen molar-refractivity contribution in [3.8, 4) is 0 Å². The number of hydrogen-bond donors (Lipinski definition) is 0. The van der Waals surface area contributed by atoms with Crippen LogP contribution >= 0.6 is 0 Å². The maximum Gasteiger partial charge on any atom is 0.306 e. The predicted octanol–water partition coefficient (Wildman–Crippen LogP) is 8.65. The largest absolute Gasteiger partial charge is 0.462 e. The minimum absolute atomic E-state index is 0.0562. The molecule has 1 unspecified atom stereocenters. The van der Waals surface area contributed by atoms with E-state index in [1.54, 1.807) is 0 Å². The van der Waals surface area contributed by atoms with Crippen LogP contribution in [0.2, 0.25) is 0 Å². The minimum Gasteiger partial charge on any atom is -0.462 e. The molecule has 0 aromatic heterocycles. The first-order valence-electron chi connectivity index (χ1n) is 14.9. The topological polar surface area (TPSA) is 69.7 Å². The van der Waals surface area contributed by atoms with E-state index in [-0.39, 0.29) is 24.3 Å². The van der Waals surface area contributed by atoms with Crippen molar-refractivity contribution in [2.24, 2.45) is 0 Å². The molecular weight excluding hydrogens is 440 g/mol. The van der Waals surface area contributed by atoms with Crippen LogP contribution in [0.4, 0.5) is 0 Å². The highest BCUT2D eigenvalue weighted by Crippen LogP contribution is 2.14. The average molecular weight is 497 g/mol. The molecule has 5 nitrogen and oxygen atoms in total. The second kappa shape index (κ2) is 25.7. The predicted molar refractivity (Wildman–Crippen MR) is 144 cm³/mol. The fourth-order valence-corrected chi connectivity index (χ4v) is 4.15. The van der Waals surface area contributed by atoms with Crippen molar-refractivity contribution in [1.29, 1.82) is 0 Å². The third kappa shape index (κ3) is 24.1. The Morgan fingerprint density at radius 3 is 1.46 bits per heavy atom. The van der Waals surface area contributed by atoms with Crippen molar-refractivity contribution in [2.75, 3.05) is 6.61 Å². The minimum atomic E-state index is -0.528. The Balaban J connectivity index is 4.34. The SMILES string of the molecule is CCCCCCCCCC(=O)OCC(CCC(=O)CCCCCCC)OC(=O)CCCCCCC. The lowest BCUT2D eigenvalue weighted by Gasteiger charge is -2.18. The molecule has 0 bridgehead atoms. The molecule has 0 rings (SSSR count). The zero-order chi connectivity index (χ0) is 26.0. The third-order valence-corrected chi connectivity index (χ3v) is 6.50. The van der Waals surface area contributed by atoms with Gasteiger partial charge in [-0.2, -0.15) is 0 Å². The van der Waals surface area contributed by atoms with Crippen molar-refractivity contribution in [2.45, 2.75) is 168 Å². The van der Waals surface area contributed by atoms with E-state index in [9.17, 15) is 14.4 Å². The Labute approximate surface area is 216 Å². The number of rotatable bonds is 26. The maximum absolute atomic E-state index is 12.3. The number of hydrogen-bond acceptors (Lipinski definition) is 5. The number of unbranched alkanes of at least 4 members (excludes halogenated alkanes) is 14. The summed E-state index contributed by atoms with van der Waals surface area (Å²) in [4.78, 5) is 36.8. The van der Waals surface area contributed by atoms with Crippen molar-refractivity contribution < 1.29 is 23.9 Å². The van der Waals surface area contributed by atoms with Gasteiger partial charge in [0.15, 0.2) is 0 Å². The van der Waals surface area contributed by atoms with Crippen molar-refractivity contribution in [3.63, 3.8) is 0 Å². The van der Waals surface area contributed by atoms with E-state index in [1.165, 1.54) is 57.8 Å². The number of esters is 2. The third-order valence-electron chi connectivity index (χ3n) is 6.50.